The number of rotatable bonds is 6. The van der Waals surface area contributed by atoms with Gasteiger partial charge in [-0.25, -0.2) is 8.42 Å². The highest BCUT2D eigenvalue weighted by Crippen LogP contribution is 2.25. The molecular weight excluding hydrogens is 344 g/mol. The number of aromatic nitrogens is 1. The van der Waals surface area contributed by atoms with E-state index in [9.17, 15) is 8.42 Å². The van der Waals surface area contributed by atoms with Crippen molar-refractivity contribution >= 4 is 15.7 Å². The number of nitrogens with zero attached hydrogens (tertiary/aromatic N) is 2. The summed E-state index contributed by atoms with van der Waals surface area (Å²) in [6, 6.07) is 18.9. The Morgan fingerprint density at radius 3 is 2.46 bits per heavy atom. The number of aryl methyl sites for hydroxylation is 2. The molecule has 0 amide bonds. The van der Waals surface area contributed by atoms with E-state index in [1.807, 2.05) is 74.5 Å². The third-order valence-corrected chi connectivity index (χ3v) is 5.96. The first-order valence-corrected chi connectivity index (χ1v) is 10.1. The highest BCUT2D eigenvalue weighted by atomic mass is 32.2. The minimum Gasteiger partial charge on any atom is -0.265 e. The Hall–Kier alpha value is -2.66. The van der Waals surface area contributed by atoms with Crippen molar-refractivity contribution in [3.8, 4) is 0 Å². The van der Waals surface area contributed by atoms with Gasteiger partial charge in [-0.1, -0.05) is 42.5 Å². The molecule has 4 nitrogen and oxygen atoms in total. The van der Waals surface area contributed by atoms with Crippen molar-refractivity contribution in [3.63, 3.8) is 0 Å². The van der Waals surface area contributed by atoms with Crippen LogP contribution >= 0.6 is 0 Å². The van der Waals surface area contributed by atoms with Crippen LogP contribution in [0.4, 0.5) is 5.69 Å². The molecule has 0 radical (unpaired) electrons. The lowest BCUT2D eigenvalue weighted by atomic mass is 10.1. The lowest BCUT2D eigenvalue weighted by Gasteiger charge is -2.25. The summed E-state index contributed by atoms with van der Waals surface area (Å²) in [6.45, 7) is 4.15. The zero-order valence-electron chi connectivity index (χ0n) is 15.0. The van der Waals surface area contributed by atoms with Crippen LogP contribution in [0, 0.1) is 13.8 Å². The van der Waals surface area contributed by atoms with E-state index in [0.717, 1.165) is 22.3 Å². The molecule has 26 heavy (non-hydrogen) atoms. The molecule has 2 aromatic carbocycles. The molecular formula is C21H22N2O2S. The molecule has 0 atom stereocenters. The number of hydrogen-bond donors (Lipinski definition) is 0. The average Bonchev–Trinajstić information content (AvgIpc) is 2.62. The van der Waals surface area contributed by atoms with Gasteiger partial charge in [-0.3, -0.25) is 9.29 Å². The molecule has 0 fully saturated rings. The summed E-state index contributed by atoms with van der Waals surface area (Å²) >= 11 is 0. The van der Waals surface area contributed by atoms with Gasteiger partial charge in [0.1, 0.15) is 0 Å². The summed E-state index contributed by atoms with van der Waals surface area (Å²) in [7, 11) is -3.56. The number of hydrogen-bond acceptors (Lipinski definition) is 3. The fourth-order valence-corrected chi connectivity index (χ4v) is 4.49. The summed E-state index contributed by atoms with van der Waals surface area (Å²) in [5, 5.41) is 0. The van der Waals surface area contributed by atoms with Crippen molar-refractivity contribution in [2.75, 3.05) is 4.31 Å². The fourth-order valence-electron chi connectivity index (χ4n) is 2.84. The summed E-state index contributed by atoms with van der Waals surface area (Å²) in [6.07, 6.45) is 3.38. The van der Waals surface area contributed by atoms with Crippen LogP contribution in [0.2, 0.25) is 0 Å². The summed E-state index contributed by atoms with van der Waals surface area (Å²) in [5.41, 5.74) is 4.33. The van der Waals surface area contributed by atoms with E-state index in [1.165, 1.54) is 4.31 Å². The maximum atomic E-state index is 13.3. The molecule has 134 valence electrons. The highest BCUT2D eigenvalue weighted by molar-refractivity contribution is 7.92. The Morgan fingerprint density at radius 1 is 0.962 bits per heavy atom. The van der Waals surface area contributed by atoms with Crippen LogP contribution in [0.1, 0.15) is 22.3 Å². The van der Waals surface area contributed by atoms with Gasteiger partial charge in [0.15, 0.2) is 0 Å². The summed E-state index contributed by atoms with van der Waals surface area (Å²) < 4.78 is 28.0. The van der Waals surface area contributed by atoms with Crippen LogP contribution in [0.15, 0.2) is 73.1 Å². The van der Waals surface area contributed by atoms with Crippen LogP contribution in [-0.2, 0) is 22.3 Å². The smallest absolute Gasteiger partial charge is 0.239 e. The van der Waals surface area contributed by atoms with Gasteiger partial charge >= 0.3 is 0 Å². The summed E-state index contributed by atoms with van der Waals surface area (Å²) in [4.78, 5) is 4.11. The van der Waals surface area contributed by atoms with Crippen LogP contribution in [0.5, 0.6) is 0 Å². The quantitative estimate of drug-likeness (QED) is 0.656. The molecule has 0 bridgehead atoms. The molecule has 0 N–H and O–H groups in total. The van der Waals surface area contributed by atoms with E-state index in [4.69, 9.17) is 0 Å². The summed E-state index contributed by atoms with van der Waals surface area (Å²) in [5.74, 6) is -0.0339. The minimum absolute atomic E-state index is 0.0339. The lowest BCUT2D eigenvalue weighted by Crippen LogP contribution is -2.32. The molecule has 0 aliphatic carbocycles. The van der Waals surface area contributed by atoms with E-state index in [1.54, 1.807) is 12.4 Å². The standard InChI is InChI=1S/C21H22N2O2S/c1-17-7-5-11-21(13-17)23(15-19-9-6-12-22-14-19)26(24,25)16-20-10-4-3-8-18(20)2/h3-14H,15-16H2,1-2H3. The molecule has 5 heteroatoms. The third-order valence-electron chi connectivity index (χ3n) is 4.27. The Balaban J connectivity index is 2.00. The zero-order valence-corrected chi connectivity index (χ0v) is 15.8. The van der Waals surface area contributed by atoms with Gasteiger partial charge in [0.05, 0.1) is 18.0 Å². The van der Waals surface area contributed by atoms with Crippen molar-refractivity contribution < 1.29 is 8.42 Å². The molecule has 0 saturated carbocycles. The van der Waals surface area contributed by atoms with Crippen molar-refractivity contribution in [2.24, 2.45) is 0 Å². The molecule has 0 saturated heterocycles. The van der Waals surface area contributed by atoms with Crippen LogP contribution < -0.4 is 4.31 Å². The maximum Gasteiger partial charge on any atom is 0.239 e. The molecule has 1 heterocycles. The van der Waals surface area contributed by atoms with Gasteiger partial charge in [0.2, 0.25) is 10.0 Å². The van der Waals surface area contributed by atoms with Gasteiger partial charge in [-0.05, 0) is 54.3 Å². The first-order valence-electron chi connectivity index (χ1n) is 8.46. The molecule has 1 aromatic heterocycles. The number of anilines is 1. The zero-order chi connectivity index (χ0) is 18.6. The normalized spacial score (nSPS) is 11.3. The number of sulfonamides is 1. The van der Waals surface area contributed by atoms with Crippen molar-refractivity contribution in [1.29, 1.82) is 0 Å². The second-order valence-electron chi connectivity index (χ2n) is 6.39. The Bertz CT molecular complexity index is 986. The highest BCUT2D eigenvalue weighted by Gasteiger charge is 2.24. The van der Waals surface area contributed by atoms with E-state index in [0.29, 0.717) is 5.69 Å². The SMILES string of the molecule is Cc1cccc(N(Cc2cccnc2)S(=O)(=O)Cc2ccccc2C)c1. The van der Waals surface area contributed by atoms with Crippen LogP contribution in [0.3, 0.4) is 0 Å². The van der Waals surface area contributed by atoms with E-state index in [-0.39, 0.29) is 12.3 Å². The monoisotopic (exact) mass is 366 g/mol. The second kappa shape index (κ2) is 7.70. The first kappa shape index (κ1) is 18.1. The largest absolute Gasteiger partial charge is 0.265 e. The van der Waals surface area contributed by atoms with Gasteiger partial charge in [-0.15, -0.1) is 0 Å². The molecule has 0 spiro atoms. The van der Waals surface area contributed by atoms with Crippen LogP contribution in [-0.4, -0.2) is 13.4 Å². The predicted molar refractivity (Wildman–Crippen MR) is 105 cm³/mol. The van der Waals surface area contributed by atoms with E-state index < -0.39 is 10.0 Å². The van der Waals surface area contributed by atoms with Gasteiger partial charge in [0, 0.05) is 12.4 Å². The Kier molecular flexibility index (Phi) is 5.38. The first-order chi connectivity index (χ1) is 12.5. The lowest BCUT2D eigenvalue weighted by molar-refractivity contribution is 0.589. The van der Waals surface area contributed by atoms with Crippen molar-refractivity contribution in [1.82, 2.24) is 4.98 Å². The number of pyridine rings is 1. The minimum atomic E-state index is -3.56. The van der Waals surface area contributed by atoms with Crippen LogP contribution in [0.25, 0.3) is 0 Å². The second-order valence-corrected chi connectivity index (χ2v) is 8.28. The topological polar surface area (TPSA) is 50.3 Å². The predicted octanol–water partition coefficient (Wildman–Crippen LogP) is 4.24. The van der Waals surface area contributed by atoms with E-state index >= 15 is 0 Å². The van der Waals surface area contributed by atoms with Crippen molar-refractivity contribution in [3.05, 3.63) is 95.3 Å². The average molecular weight is 366 g/mol. The molecule has 0 aliphatic heterocycles. The Morgan fingerprint density at radius 2 is 1.77 bits per heavy atom. The van der Waals surface area contributed by atoms with Crippen molar-refractivity contribution in [2.45, 2.75) is 26.1 Å². The molecule has 0 aliphatic rings. The van der Waals surface area contributed by atoms with E-state index in [2.05, 4.69) is 4.98 Å². The van der Waals surface area contributed by atoms with Gasteiger partial charge < -0.3 is 0 Å². The van der Waals surface area contributed by atoms with Gasteiger partial charge in [0.25, 0.3) is 0 Å². The third kappa shape index (κ3) is 4.29. The molecule has 0 unspecified atom stereocenters. The number of benzene rings is 2. The maximum absolute atomic E-state index is 13.3. The fraction of sp³-hybridized carbons (Fsp3) is 0.190. The van der Waals surface area contributed by atoms with Gasteiger partial charge in [-0.2, -0.15) is 0 Å². The Labute approximate surface area is 155 Å². The molecule has 3 rings (SSSR count). The molecule has 3 aromatic rings.